The number of Topliss-reactive ketones (excluding diaryl/α,β-unsaturated/α-hetero) is 2. The molecule has 3 heteroatoms. The summed E-state index contributed by atoms with van der Waals surface area (Å²) in [5, 5.41) is 0. The van der Waals surface area contributed by atoms with Crippen molar-refractivity contribution in [3.8, 4) is 12.0 Å². The van der Waals surface area contributed by atoms with E-state index in [0.717, 1.165) is 25.9 Å². The molecule has 1 rings (SSSR count). The first kappa shape index (κ1) is 10.8. The van der Waals surface area contributed by atoms with Gasteiger partial charge in [-0.2, -0.15) is 0 Å². The van der Waals surface area contributed by atoms with Crippen LogP contribution in [0.25, 0.3) is 0 Å². The van der Waals surface area contributed by atoms with Crippen LogP contribution in [0.3, 0.4) is 0 Å². The summed E-state index contributed by atoms with van der Waals surface area (Å²) in [4.78, 5) is 23.6. The van der Waals surface area contributed by atoms with Gasteiger partial charge in [-0.3, -0.25) is 9.59 Å². The summed E-state index contributed by atoms with van der Waals surface area (Å²) in [5.41, 5.74) is 0. The molecule has 0 aromatic carbocycles. The summed E-state index contributed by atoms with van der Waals surface area (Å²) in [7, 11) is 0. The van der Waals surface area contributed by atoms with Crippen molar-refractivity contribution in [2.45, 2.75) is 32.6 Å². The lowest BCUT2D eigenvalue weighted by molar-refractivity contribution is -0.122. The van der Waals surface area contributed by atoms with Crippen molar-refractivity contribution >= 4 is 11.6 Å². The van der Waals surface area contributed by atoms with Gasteiger partial charge in [-0.15, -0.1) is 0 Å². The van der Waals surface area contributed by atoms with E-state index < -0.39 is 0 Å². The number of hydrogen-bond acceptors (Lipinski definition) is 3. The van der Waals surface area contributed by atoms with Gasteiger partial charge < -0.3 is 4.90 Å². The topological polar surface area (TPSA) is 37.4 Å². The van der Waals surface area contributed by atoms with Gasteiger partial charge in [0.1, 0.15) is 5.78 Å². The maximum absolute atomic E-state index is 11.1. The summed E-state index contributed by atoms with van der Waals surface area (Å²) in [6, 6.07) is 2.81. The molecule has 76 valence electrons. The summed E-state index contributed by atoms with van der Waals surface area (Å²) in [6.45, 7) is 3.29. The van der Waals surface area contributed by atoms with E-state index >= 15 is 0 Å². The molecule has 0 amide bonds. The van der Waals surface area contributed by atoms with Crippen LogP contribution in [-0.4, -0.2) is 29.6 Å². The lowest BCUT2D eigenvalue weighted by Crippen LogP contribution is -2.25. The number of carbonyl (C=O) groups excluding carboxylic acids is 2. The van der Waals surface area contributed by atoms with Crippen molar-refractivity contribution in [1.82, 2.24) is 4.90 Å². The van der Waals surface area contributed by atoms with Gasteiger partial charge in [0.25, 0.3) is 0 Å². The number of likely N-dealkylation sites (tertiary alicyclic amines) is 1. The van der Waals surface area contributed by atoms with Crippen molar-refractivity contribution in [3.63, 3.8) is 0 Å². The van der Waals surface area contributed by atoms with Crippen LogP contribution in [0.1, 0.15) is 32.6 Å². The minimum absolute atomic E-state index is 0.0547. The number of ketones is 2. The molecule has 14 heavy (non-hydrogen) atoms. The minimum Gasteiger partial charge on any atom is -0.332 e. The standard InChI is InChI=1S/C11H15NO2/c1-10(13)9-11(14)5-8-12-6-3-2-4-7-12/h2-4,6-7,9H2,1H3. The quantitative estimate of drug-likeness (QED) is 0.484. The number of hydrogen-bond donors (Lipinski definition) is 0. The highest BCUT2D eigenvalue weighted by molar-refractivity contribution is 6.07. The van der Waals surface area contributed by atoms with Crippen LogP contribution in [0.2, 0.25) is 0 Å². The monoisotopic (exact) mass is 193 g/mol. The lowest BCUT2D eigenvalue weighted by Gasteiger charge is -2.21. The highest BCUT2D eigenvalue weighted by atomic mass is 16.1. The Balaban J connectivity index is 2.37. The Morgan fingerprint density at radius 1 is 1.21 bits per heavy atom. The molecule has 0 N–H and O–H groups in total. The van der Waals surface area contributed by atoms with Crippen LogP contribution in [0.15, 0.2) is 0 Å². The van der Waals surface area contributed by atoms with Gasteiger partial charge in [-0.25, -0.2) is 0 Å². The van der Waals surface area contributed by atoms with Crippen LogP contribution >= 0.6 is 0 Å². The third-order valence-corrected chi connectivity index (χ3v) is 2.12. The maximum atomic E-state index is 11.1. The molecule has 0 aromatic rings. The van der Waals surface area contributed by atoms with E-state index in [0.29, 0.717) is 0 Å². The van der Waals surface area contributed by atoms with E-state index in [4.69, 9.17) is 0 Å². The van der Waals surface area contributed by atoms with E-state index in [1.807, 2.05) is 4.90 Å². The fourth-order valence-electron chi connectivity index (χ4n) is 1.42. The normalized spacial score (nSPS) is 15.6. The van der Waals surface area contributed by atoms with Gasteiger partial charge in [0.2, 0.25) is 5.78 Å². The van der Waals surface area contributed by atoms with E-state index in [1.165, 1.54) is 13.3 Å². The molecule has 1 aliphatic heterocycles. The van der Waals surface area contributed by atoms with Crippen LogP contribution in [0.4, 0.5) is 0 Å². The molecule has 0 aliphatic carbocycles. The average molecular weight is 193 g/mol. The van der Waals surface area contributed by atoms with Gasteiger partial charge in [-0.1, -0.05) is 0 Å². The highest BCUT2D eigenvalue weighted by Crippen LogP contribution is 2.06. The van der Waals surface area contributed by atoms with Gasteiger partial charge in [0, 0.05) is 19.1 Å². The number of carbonyl (C=O) groups is 2. The summed E-state index contributed by atoms with van der Waals surface area (Å²) in [5.74, 6) is 2.10. The van der Waals surface area contributed by atoms with Crippen molar-refractivity contribution in [2.75, 3.05) is 13.1 Å². The van der Waals surface area contributed by atoms with Crippen molar-refractivity contribution in [2.24, 2.45) is 0 Å². The Bertz CT molecular complexity index is 279. The smallest absolute Gasteiger partial charge is 0.214 e. The first-order chi connectivity index (χ1) is 6.68. The molecule has 3 nitrogen and oxygen atoms in total. The predicted octanol–water partition coefficient (Wildman–Crippen LogP) is 0.981. The van der Waals surface area contributed by atoms with Gasteiger partial charge >= 0.3 is 0 Å². The zero-order valence-electron chi connectivity index (χ0n) is 8.51. The Hall–Kier alpha value is -1.30. The molecule has 1 saturated heterocycles. The minimum atomic E-state index is -0.275. The van der Waals surface area contributed by atoms with Crippen LogP contribution in [-0.2, 0) is 9.59 Å². The van der Waals surface area contributed by atoms with E-state index in [-0.39, 0.29) is 18.0 Å². The molecular weight excluding hydrogens is 178 g/mol. The average Bonchev–Trinajstić information content (AvgIpc) is 2.15. The molecule has 1 heterocycles. The molecule has 1 aliphatic rings. The predicted molar refractivity (Wildman–Crippen MR) is 53.5 cm³/mol. The second-order valence-corrected chi connectivity index (χ2v) is 3.59. The lowest BCUT2D eigenvalue weighted by atomic mass is 10.1. The zero-order valence-corrected chi connectivity index (χ0v) is 8.51. The fraction of sp³-hybridized carbons (Fsp3) is 0.636. The van der Waals surface area contributed by atoms with E-state index in [2.05, 4.69) is 12.0 Å². The molecule has 0 bridgehead atoms. The van der Waals surface area contributed by atoms with Crippen molar-refractivity contribution in [1.29, 1.82) is 0 Å². The Morgan fingerprint density at radius 2 is 1.86 bits per heavy atom. The molecule has 0 radical (unpaired) electrons. The molecule has 1 fully saturated rings. The Morgan fingerprint density at radius 3 is 2.43 bits per heavy atom. The second kappa shape index (κ2) is 5.43. The van der Waals surface area contributed by atoms with Crippen LogP contribution < -0.4 is 0 Å². The molecule has 0 saturated carbocycles. The number of rotatable bonds is 2. The van der Waals surface area contributed by atoms with Crippen molar-refractivity contribution < 1.29 is 9.59 Å². The molecule has 0 unspecified atom stereocenters. The van der Waals surface area contributed by atoms with Gasteiger partial charge in [-0.05, 0) is 32.1 Å². The first-order valence-corrected chi connectivity index (χ1v) is 4.97. The Labute approximate surface area is 84.5 Å². The third kappa shape index (κ3) is 4.08. The largest absolute Gasteiger partial charge is 0.332 e. The molecule has 0 atom stereocenters. The number of piperidine rings is 1. The molecular formula is C11H15NO2. The van der Waals surface area contributed by atoms with Gasteiger partial charge in [0.15, 0.2) is 0 Å². The maximum Gasteiger partial charge on any atom is 0.214 e. The van der Waals surface area contributed by atoms with Crippen LogP contribution in [0.5, 0.6) is 0 Å². The SMILES string of the molecule is CC(=O)CC(=O)C#CN1CCCCC1. The van der Waals surface area contributed by atoms with E-state index in [1.54, 1.807) is 0 Å². The third-order valence-electron chi connectivity index (χ3n) is 2.12. The van der Waals surface area contributed by atoms with Crippen LogP contribution in [0, 0.1) is 12.0 Å². The summed E-state index contributed by atoms with van der Waals surface area (Å²) < 4.78 is 0. The fourth-order valence-corrected chi connectivity index (χ4v) is 1.42. The first-order valence-electron chi connectivity index (χ1n) is 4.97. The van der Waals surface area contributed by atoms with Gasteiger partial charge in [0.05, 0.1) is 6.42 Å². The molecule has 0 aromatic heterocycles. The summed E-state index contributed by atoms with van der Waals surface area (Å²) in [6.07, 6.45) is 3.49. The zero-order chi connectivity index (χ0) is 10.4. The van der Waals surface area contributed by atoms with E-state index in [9.17, 15) is 9.59 Å². The Kier molecular flexibility index (Phi) is 4.18. The summed E-state index contributed by atoms with van der Waals surface area (Å²) >= 11 is 0. The number of nitrogens with zero attached hydrogens (tertiary/aromatic N) is 1. The second-order valence-electron chi connectivity index (χ2n) is 3.59. The highest BCUT2D eigenvalue weighted by Gasteiger charge is 2.06. The van der Waals surface area contributed by atoms with Crippen molar-refractivity contribution in [3.05, 3.63) is 0 Å². The molecule has 0 spiro atoms.